The van der Waals surface area contributed by atoms with Gasteiger partial charge in [-0.05, 0) is 30.5 Å². The molecular weight excluding hydrogens is 186 g/mol. The lowest BCUT2D eigenvalue weighted by molar-refractivity contribution is 0.351. The van der Waals surface area contributed by atoms with Gasteiger partial charge < -0.3 is 10.6 Å². The summed E-state index contributed by atoms with van der Waals surface area (Å²) in [6, 6.07) is 5.96. The fourth-order valence-electron chi connectivity index (χ4n) is 1.27. The molecule has 0 aliphatic rings. The van der Waals surface area contributed by atoms with E-state index in [-0.39, 0.29) is 5.41 Å². The Hall–Kier alpha value is -1.09. The van der Waals surface area contributed by atoms with E-state index in [0.717, 1.165) is 25.3 Å². The predicted molar refractivity (Wildman–Crippen MR) is 65.0 cm³/mol. The van der Waals surface area contributed by atoms with Gasteiger partial charge in [-0.15, -0.1) is 0 Å². The predicted octanol–water partition coefficient (Wildman–Crippen LogP) is 1.89. The van der Waals surface area contributed by atoms with E-state index >= 15 is 0 Å². The standard InChI is InChI=1S/C12H21N3/c1-12(2,10-13)7-9-15(3)11-6-4-5-8-14-11/h4-6,8H,7,9-10,13H2,1-3H3. The van der Waals surface area contributed by atoms with Crippen LogP contribution in [-0.4, -0.2) is 25.1 Å². The first-order valence-electron chi connectivity index (χ1n) is 5.37. The summed E-state index contributed by atoms with van der Waals surface area (Å²) in [6.07, 6.45) is 2.90. The molecule has 0 atom stereocenters. The third-order valence-electron chi connectivity index (χ3n) is 2.72. The van der Waals surface area contributed by atoms with Crippen LogP contribution < -0.4 is 10.6 Å². The lowest BCUT2D eigenvalue weighted by Gasteiger charge is -2.26. The van der Waals surface area contributed by atoms with E-state index < -0.39 is 0 Å². The maximum Gasteiger partial charge on any atom is 0.128 e. The van der Waals surface area contributed by atoms with Crippen LogP contribution in [0.2, 0.25) is 0 Å². The summed E-state index contributed by atoms with van der Waals surface area (Å²) >= 11 is 0. The third-order valence-corrected chi connectivity index (χ3v) is 2.72. The van der Waals surface area contributed by atoms with Crippen molar-refractivity contribution >= 4 is 5.82 Å². The third kappa shape index (κ3) is 3.88. The van der Waals surface area contributed by atoms with Gasteiger partial charge in [-0.3, -0.25) is 0 Å². The fourth-order valence-corrected chi connectivity index (χ4v) is 1.27. The van der Waals surface area contributed by atoms with Crippen LogP contribution in [0.5, 0.6) is 0 Å². The Morgan fingerprint density at radius 2 is 2.13 bits per heavy atom. The maximum atomic E-state index is 5.70. The van der Waals surface area contributed by atoms with Crippen LogP contribution in [-0.2, 0) is 0 Å². The molecule has 0 aliphatic heterocycles. The van der Waals surface area contributed by atoms with Crippen molar-refractivity contribution in [1.29, 1.82) is 0 Å². The Balaban J connectivity index is 2.47. The largest absolute Gasteiger partial charge is 0.360 e. The molecule has 0 saturated heterocycles. The molecule has 1 aromatic heterocycles. The summed E-state index contributed by atoms with van der Waals surface area (Å²) in [5.41, 5.74) is 5.91. The molecule has 0 unspecified atom stereocenters. The van der Waals surface area contributed by atoms with E-state index in [1.165, 1.54) is 0 Å². The van der Waals surface area contributed by atoms with Gasteiger partial charge in [-0.1, -0.05) is 19.9 Å². The number of aromatic nitrogens is 1. The van der Waals surface area contributed by atoms with Gasteiger partial charge in [0.05, 0.1) is 0 Å². The molecule has 15 heavy (non-hydrogen) atoms. The molecule has 3 heteroatoms. The molecule has 84 valence electrons. The second-order valence-corrected chi connectivity index (χ2v) is 4.73. The average molecular weight is 207 g/mol. The lowest BCUT2D eigenvalue weighted by Crippen LogP contribution is -2.30. The van der Waals surface area contributed by atoms with E-state index in [4.69, 9.17) is 5.73 Å². The molecule has 0 saturated carbocycles. The van der Waals surface area contributed by atoms with Crippen molar-refractivity contribution in [3.63, 3.8) is 0 Å². The summed E-state index contributed by atoms with van der Waals surface area (Å²) in [4.78, 5) is 6.46. The minimum Gasteiger partial charge on any atom is -0.360 e. The highest BCUT2D eigenvalue weighted by Gasteiger charge is 2.16. The number of nitrogens with two attached hydrogens (primary N) is 1. The Morgan fingerprint density at radius 3 is 2.67 bits per heavy atom. The Kier molecular flexibility index (Phi) is 4.09. The summed E-state index contributed by atoms with van der Waals surface area (Å²) in [7, 11) is 2.06. The van der Waals surface area contributed by atoms with Crippen LogP contribution in [0.1, 0.15) is 20.3 Å². The molecule has 0 amide bonds. The van der Waals surface area contributed by atoms with Crippen LogP contribution in [0.15, 0.2) is 24.4 Å². The van der Waals surface area contributed by atoms with Gasteiger partial charge in [0.2, 0.25) is 0 Å². The summed E-state index contributed by atoms with van der Waals surface area (Å²) < 4.78 is 0. The molecule has 0 fully saturated rings. The summed E-state index contributed by atoms with van der Waals surface area (Å²) in [5, 5.41) is 0. The zero-order valence-electron chi connectivity index (χ0n) is 9.90. The Labute approximate surface area is 92.3 Å². The molecule has 1 aromatic rings. The van der Waals surface area contributed by atoms with Gasteiger partial charge in [0.25, 0.3) is 0 Å². The number of pyridine rings is 1. The summed E-state index contributed by atoms with van der Waals surface area (Å²) in [5.74, 6) is 1.02. The molecule has 0 radical (unpaired) electrons. The fraction of sp³-hybridized carbons (Fsp3) is 0.583. The van der Waals surface area contributed by atoms with Crippen molar-refractivity contribution in [2.45, 2.75) is 20.3 Å². The number of nitrogens with zero attached hydrogens (tertiary/aromatic N) is 2. The highest BCUT2D eigenvalue weighted by Crippen LogP contribution is 2.19. The van der Waals surface area contributed by atoms with Crippen LogP contribution in [0, 0.1) is 5.41 Å². The minimum atomic E-state index is 0.211. The molecule has 0 spiro atoms. The normalized spacial score (nSPS) is 11.5. The second kappa shape index (κ2) is 5.12. The van der Waals surface area contributed by atoms with Crippen LogP contribution in [0.4, 0.5) is 5.82 Å². The Morgan fingerprint density at radius 1 is 1.40 bits per heavy atom. The van der Waals surface area contributed by atoms with Gasteiger partial charge in [-0.25, -0.2) is 4.98 Å². The van der Waals surface area contributed by atoms with E-state index in [1.807, 2.05) is 24.4 Å². The van der Waals surface area contributed by atoms with Crippen LogP contribution in [0.3, 0.4) is 0 Å². The first-order valence-corrected chi connectivity index (χ1v) is 5.37. The van der Waals surface area contributed by atoms with Crippen molar-refractivity contribution in [2.75, 3.05) is 25.0 Å². The van der Waals surface area contributed by atoms with Gasteiger partial charge in [0.1, 0.15) is 5.82 Å². The molecule has 1 rings (SSSR count). The molecule has 2 N–H and O–H groups in total. The zero-order chi connectivity index (χ0) is 11.3. The van der Waals surface area contributed by atoms with E-state index in [2.05, 4.69) is 30.8 Å². The van der Waals surface area contributed by atoms with Gasteiger partial charge in [0, 0.05) is 19.8 Å². The first-order chi connectivity index (χ1) is 7.05. The SMILES string of the molecule is CN(CCC(C)(C)CN)c1ccccn1. The van der Waals surface area contributed by atoms with Crippen molar-refractivity contribution in [3.05, 3.63) is 24.4 Å². The summed E-state index contributed by atoms with van der Waals surface area (Å²) in [6.45, 7) is 6.10. The first kappa shape index (κ1) is 12.0. The molecule has 3 nitrogen and oxygen atoms in total. The monoisotopic (exact) mass is 207 g/mol. The molecule has 0 aliphatic carbocycles. The average Bonchev–Trinajstić information content (AvgIpc) is 2.27. The highest BCUT2D eigenvalue weighted by molar-refractivity contribution is 5.36. The highest BCUT2D eigenvalue weighted by atomic mass is 15.2. The topological polar surface area (TPSA) is 42.1 Å². The lowest BCUT2D eigenvalue weighted by atomic mass is 9.89. The van der Waals surface area contributed by atoms with Crippen molar-refractivity contribution in [1.82, 2.24) is 4.98 Å². The van der Waals surface area contributed by atoms with Gasteiger partial charge in [0.15, 0.2) is 0 Å². The molecular formula is C12H21N3. The maximum absolute atomic E-state index is 5.70. The molecule has 0 bridgehead atoms. The number of hydrogen-bond acceptors (Lipinski definition) is 3. The van der Waals surface area contributed by atoms with Gasteiger partial charge in [-0.2, -0.15) is 0 Å². The van der Waals surface area contributed by atoms with Crippen LogP contribution in [0.25, 0.3) is 0 Å². The second-order valence-electron chi connectivity index (χ2n) is 4.73. The van der Waals surface area contributed by atoms with Crippen LogP contribution >= 0.6 is 0 Å². The van der Waals surface area contributed by atoms with Gasteiger partial charge >= 0.3 is 0 Å². The van der Waals surface area contributed by atoms with Crippen molar-refractivity contribution < 1.29 is 0 Å². The molecule has 0 aromatic carbocycles. The van der Waals surface area contributed by atoms with Crippen molar-refractivity contribution in [3.8, 4) is 0 Å². The quantitative estimate of drug-likeness (QED) is 0.801. The van der Waals surface area contributed by atoms with E-state index in [0.29, 0.717) is 0 Å². The smallest absolute Gasteiger partial charge is 0.128 e. The zero-order valence-corrected chi connectivity index (χ0v) is 9.90. The minimum absolute atomic E-state index is 0.211. The van der Waals surface area contributed by atoms with Crippen molar-refractivity contribution in [2.24, 2.45) is 11.1 Å². The number of rotatable bonds is 5. The van der Waals surface area contributed by atoms with E-state index in [1.54, 1.807) is 0 Å². The van der Waals surface area contributed by atoms with E-state index in [9.17, 15) is 0 Å². The molecule has 1 heterocycles. The Bertz CT molecular complexity index is 282. The number of anilines is 1. The number of hydrogen-bond donors (Lipinski definition) is 1.